The van der Waals surface area contributed by atoms with Crippen molar-refractivity contribution in [3.63, 3.8) is 0 Å². The molecular weight excluding hydrogens is 346 g/mol. The lowest BCUT2D eigenvalue weighted by atomic mass is 9.92. The Kier molecular flexibility index (Phi) is 6.74. The Bertz CT molecular complexity index is 686. The van der Waals surface area contributed by atoms with Crippen LogP contribution in [0.5, 0.6) is 0 Å². The van der Waals surface area contributed by atoms with E-state index in [2.05, 4.69) is 10.3 Å². The summed E-state index contributed by atoms with van der Waals surface area (Å²) in [5.41, 5.74) is 9.21. The topological polar surface area (TPSA) is 77.2 Å². The summed E-state index contributed by atoms with van der Waals surface area (Å²) < 4.78 is 5.31. The second kappa shape index (κ2) is 8.58. The van der Waals surface area contributed by atoms with Crippen molar-refractivity contribution in [1.29, 1.82) is 0 Å². The van der Waals surface area contributed by atoms with Crippen LogP contribution in [-0.4, -0.2) is 30.1 Å². The summed E-state index contributed by atoms with van der Waals surface area (Å²) in [7, 11) is 0. The minimum atomic E-state index is -0.510. The number of amides is 1. The van der Waals surface area contributed by atoms with Gasteiger partial charge < -0.3 is 15.8 Å². The van der Waals surface area contributed by atoms with E-state index in [-0.39, 0.29) is 24.2 Å². The van der Waals surface area contributed by atoms with Crippen LogP contribution in [0, 0.1) is 12.8 Å². The molecule has 0 radical (unpaired) electrons. The van der Waals surface area contributed by atoms with E-state index < -0.39 is 6.04 Å². The predicted octanol–water partition coefficient (Wildman–Crippen LogP) is 3.23. The van der Waals surface area contributed by atoms with E-state index in [0.29, 0.717) is 18.3 Å². The lowest BCUT2D eigenvalue weighted by Crippen LogP contribution is -2.43. The normalized spacial score (nSPS) is 16.2. The van der Waals surface area contributed by atoms with E-state index in [1.807, 2.05) is 36.6 Å². The van der Waals surface area contributed by atoms with Crippen LogP contribution in [0.1, 0.15) is 18.4 Å². The van der Waals surface area contributed by atoms with Crippen molar-refractivity contribution in [2.75, 3.05) is 18.5 Å². The van der Waals surface area contributed by atoms with Gasteiger partial charge in [-0.25, -0.2) is 4.98 Å². The number of benzene rings is 1. The molecule has 1 saturated heterocycles. The Morgan fingerprint density at radius 3 is 2.79 bits per heavy atom. The highest BCUT2D eigenvalue weighted by molar-refractivity contribution is 7.14. The number of thiazole rings is 1. The van der Waals surface area contributed by atoms with Gasteiger partial charge in [-0.15, -0.1) is 23.7 Å². The Morgan fingerprint density at radius 2 is 2.08 bits per heavy atom. The van der Waals surface area contributed by atoms with Crippen molar-refractivity contribution in [2.24, 2.45) is 11.7 Å². The first-order chi connectivity index (χ1) is 11.1. The summed E-state index contributed by atoms with van der Waals surface area (Å²) in [6.45, 7) is 3.41. The monoisotopic (exact) mass is 367 g/mol. The van der Waals surface area contributed by atoms with E-state index in [1.165, 1.54) is 11.3 Å². The minimum absolute atomic E-state index is 0. The van der Waals surface area contributed by atoms with Gasteiger partial charge >= 0.3 is 0 Å². The Labute approximate surface area is 152 Å². The molecule has 1 aromatic heterocycles. The molecule has 3 N–H and O–H groups in total. The minimum Gasteiger partial charge on any atom is -0.381 e. The van der Waals surface area contributed by atoms with Gasteiger partial charge in [-0.2, -0.15) is 0 Å². The molecule has 0 saturated carbocycles. The molecule has 3 rings (SSSR count). The smallest absolute Gasteiger partial charge is 0.243 e. The molecule has 1 aromatic carbocycles. The summed E-state index contributed by atoms with van der Waals surface area (Å²) in [6, 6.07) is 7.56. The SMILES string of the molecule is Cc1ccccc1-c1csc(NC(=O)C(N)C2CCOCC2)n1.Cl. The molecule has 1 unspecified atom stereocenters. The van der Waals surface area contributed by atoms with Crippen molar-refractivity contribution < 1.29 is 9.53 Å². The summed E-state index contributed by atoms with van der Waals surface area (Å²) >= 11 is 1.42. The summed E-state index contributed by atoms with van der Waals surface area (Å²) in [4.78, 5) is 16.8. The van der Waals surface area contributed by atoms with Gasteiger partial charge in [-0.3, -0.25) is 4.79 Å². The van der Waals surface area contributed by atoms with Crippen molar-refractivity contribution in [3.05, 3.63) is 35.2 Å². The van der Waals surface area contributed by atoms with E-state index >= 15 is 0 Å². The molecule has 5 nitrogen and oxygen atoms in total. The van der Waals surface area contributed by atoms with E-state index in [4.69, 9.17) is 10.5 Å². The van der Waals surface area contributed by atoms with Crippen LogP contribution in [0.4, 0.5) is 5.13 Å². The van der Waals surface area contributed by atoms with Crippen LogP contribution in [0.15, 0.2) is 29.6 Å². The molecule has 1 fully saturated rings. The molecule has 24 heavy (non-hydrogen) atoms. The maximum Gasteiger partial charge on any atom is 0.243 e. The second-order valence-corrected chi connectivity index (χ2v) is 6.68. The van der Waals surface area contributed by atoms with Crippen molar-refractivity contribution in [2.45, 2.75) is 25.8 Å². The van der Waals surface area contributed by atoms with Gasteiger partial charge in [0.05, 0.1) is 11.7 Å². The maximum absolute atomic E-state index is 12.3. The average Bonchev–Trinajstić information content (AvgIpc) is 3.03. The first-order valence-corrected chi connectivity index (χ1v) is 8.69. The van der Waals surface area contributed by atoms with Crippen LogP contribution < -0.4 is 11.1 Å². The van der Waals surface area contributed by atoms with Gasteiger partial charge in [0.25, 0.3) is 0 Å². The number of nitrogens with one attached hydrogen (secondary N) is 1. The third-order valence-electron chi connectivity index (χ3n) is 4.23. The zero-order chi connectivity index (χ0) is 16.2. The molecule has 0 spiro atoms. The number of nitrogens with two attached hydrogens (primary N) is 1. The van der Waals surface area contributed by atoms with Gasteiger partial charge in [-0.1, -0.05) is 24.3 Å². The highest BCUT2D eigenvalue weighted by Gasteiger charge is 2.27. The molecular formula is C17H22ClN3O2S. The molecule has 1 atom stereocenters. The number of hydrogen-bond acceptors (Lipinski definition) is 5. The third kappa shape index (κ3) is 4.33. The highest BCUT2D eigenvalue weighted by atomic mass is 35.5. The van der Waals surface area contributed by atoms with Crippen molar-refractivity contribution in [3.8, 4) is 11.3 Å². The first-order valence-electron chi connectivity index (χ1n) is 7.81. The van der Waals surface area contributed by atoms with Crippen LogP contribution in [0.2, 0.25) is 0 Å². The van der Waals surface area contributed by atoms with Crippen LogP contribution in [0.25, 0.3) is 11.3 Å². The van der Waals surface area contributed by atoms with E-state index in [1.54, 1.807) is 0 Å². The molecule has 1 aliphatic heterocycles. The van der Waals surface area contributed by atoms with E-state index in [0.717, 1.165) is 29.7 Å². The fourth-order valence-corrected chi connectivity index (χ4v) is 3.51. The Hall–Kier alpha value is -1.47. The largest absolute Gasteiger partial charge is 0.381 e. The molecule has 2 aromatic rings. The van der Waals surface area contributed by atoms with Gasteiger partial charge in [0.15, 0.2) is 5.13 Å². The number of hydrogen-bond donors (Lipinski definition) is 2. The van der Waals surface area contributed by atoms with Gasteiger partial charge in [-0.05, 0) is 31.2 Å². The average molecular weight is 368 g/mol. The fraction of sp³-hybridized carbons (Fsp3) is 0.412. The molecule has 0 bridgehead atoms. The number of halogens is 1. The molecule has 1 amide bonds. The van der Waals surface area contributed by atoms with Crippen LogP contribution >= 0.6 is 23.7 Å². The summed E-state index contributed by atoms with van der Waals surface area (Å²) in [5, 5.41) is 5.40. The molecule has 2 heterocycles. The molecule has 0 aliphatic carbocycles. The quantitative estimate of drug-likeness (QED) is 0.869. The van der Waals surface area contributed by atoms with Gasteiger partial charge in [0.1, 0.15) is 0 Å². The number of ether oxygens (including phenoxy) is 1. The number of aryl methyl sites for hydroxylation is 1. The highest BCUT2D eigenvalue weighted by Crippen LogP contribution is 2.27. The predicted molar refractivity (Wildman–Crippen MR) is 99.7 cm³/mol. The van der Waals surface area contributed by atoms with Crippen molar-refractivity contribution in [1.82, 2.24) is 4.98 Å². The third-order valence-corrected chi connectivity index (χ3v) is 4.99. The Balaban J connectivity index is 0.00000208. The number of rotatable bonds is 4. The summed E-state index contributed by atoms with van der Waals surface area (Å²) in [5.74, 6) is 0.0159. The Morgan fingerprint density at radius 1 is 1.38 bits per heavy atom. The standard InChI is InChI=1S/C17H21N3O2S.ClH/c1-11-4-2-3-5-13(11)14-10-23-17(19-14)20-16(21)15(18)12-6-8-22-9-7-12;/h2-5,10,12,15H,6-9,18H2,1H3,(H,19,20,21);1H. The zero-order valence-electron chi connectivity index (χ0n) is 13.5. The fourth-order valence-electron chi connectivity index (χ4n) is 2.79. The van der Waals surface area contributed by atoms with E-state index in [9.17, 15) is 4.79 Å². The molecule has 7 heteroatoms. The first kappa shape index (κ1) is 18.9. The maximum atomic E-state index is 12.3. The lowest BCUT2D eigenvalue weighted by molar-refractivity contribution is -0.119. The zero-order valence-corrected chi connectivity index (χ0v) is 15.2. The number of aromatic nitrogens is 1. The molecule has 1 aliphatic rings. The lowest BCUT2D eigenvalue weighted by Gasteiger charge is -2.26. The van der Waals surface area contributed by atoms with Crippen LogP contribution in [0.3, 0.4) is 0 Å². The molecule has 130 valence electrons. The number of carbonyl (C=O) groups excluding carboxylic acids is 1. The number of carbonyl (C=O) groups is 1. The second-order valence-electron chi connectivity index (χ2n) is 5.82. The number of anilines is 1. The van der Waals surface area contributed by atoms with Gasteiger partial charge in [0.2, 0.25) is 5.91 Å². The van der Waals surface area contributed by atoms with Crippen LogP contribution in [-0.2, 0) is 9.53 Å². The summed E-state index contributed by atoms with van der Waals surface area (Å²) in [6.07, 6.45) is 1.67. The number of nitrogens with zero attached hydrogens (tertiary/aromatic N) is 1. The van der Waals surface area contributed by atoms with Gasteiger partial charge in [0, 0.05) is 24.2 Å². The van der Waals surface area contributed by atoms with Crippen molar-refractivity contribution >= 4 is 34.8 Å².